The first-order chi connectivity index (χ1) is 10.9. The second kappa shape index (κ2) is 7.10. The number of hydrogen-bond donors (Lipinski definition) is 0. The quantitative estimate of drug-likeness (QED) is 0.592. The summed E-state index contributed by atoms with van der Waals surface area (Å²) < 4.78 is 7.70. The fraction of sp³-hybridized carbons (Fsp3) is 0.200. The third kappa shape index (κ3) is 3.29. The molecule has 0 saturated heterocycles. The lowest BCUT2D eigenvalue weighted by molar-refractivity contribution is 0.139. The third-order valence-electron chi connectivity index (χ3n) is 3.75. The minimum Gasteiger partial charge on any atom is -0.380 e. The molecule has 2 nitrogen and oxygen atoms in total. The van der Waals surface area contributed by atoms with Gasteiger partial charge < -0.3 is 9.30 Å². The lowest BCUT2D eigenvalue weighted by atomic mass is 9.99. The average Bonchev–Trinajstić information content (AvgIpc) is 3.01. The third-order valence-corrected chi connectivity index (χ3v) is 3.75. The summed E-state index contributed by atoms with van der Waals surface area (Å²) in [7, 11) is 0. The highest BCUT2D eigenvalue weighted by atomic mass is 16.5. The molecule has 2 aromatic carbocycles. The van der Waals surface area contributed by atoms with E-state index >= 15 is 0 Å². The van der Waals surface area contributed by atoms with E-state index < -0.39 is 0 Å². The van der Waals surface area contributed by atoms with Crippen LogP contribution in [0.3, 0.4) is 0 Å². The molecule has 0 unspecified atom stereocenters. The SMILES string of the molecule is CCOCCn1cc(-c2ccccc2)c(-c2ccccc2)c1. The molecular formula is C20H21NO. The van der Waals surface area contributed by atoms with Crippen molar-refractivity contribution in [2.75, 3.05) is 13.2 Å². The monoisotopic (exact) mass is 291 g/mol. The molecule has 0 N–H and O–H groups in total. The highest BCUT2D eigenvalue weighted by molar-refractivity contribution is 5.83. The van der Waals surface area contributed by atoms with Gasteiger partial charge in [-0.15, -0.1) is 0 Å². The van der Waals surface area contributed by atoms with Crippen molar-refractivity contribution < 1.29 is 4.74 Å². The summed E-state index contributed by atoms with van der Waals surface area (Å²) in [6, 6.07) is 21.1. The van der Waals surface area contributed by atoms with Gasteiger partial charge >= 0.3 is 0 Å². The van der Waals surface area contributed by atoms with Crippen molar-refractivity contribution in [1.82, 2.24) is 4.57 Å². The van der Waals surface area contributed by atoms with Crippen molar-refractivity contribution in [3.8, 4) is 22.3 Å². The molecule has 1 heterocycles. The summed E-state index contributed by atoms with van der Waals surface area (Å²) in [5, 5.41) is 0. The fourth-order valence-corrected chi connectivity index (χ4v) is 2.65. The molecule has 0 radical (unpaired) electrons. The van der Waals surface area contributed by atoms with E-state index in [4.69, 9.17) is 4.74 Å². The van der Waals surface area contributed by atoms with Gasteiger partial charge in [0.2, 0.25) is 0 Å². The number of aromatic nitrogens is 1. The van der Waals surface area contributed by atoms with E-state index in [1.54, 1.807) is 0 Å². The molecular weight excluding hydrogens is 270 g/mol. The number of hydrogen-bond acceptors (Lipinski definition) is 1. The Kier molecular flexibility index (Phi) is 4.71. The maximum absolute atomic E-state index is 5.48. The van der Waals surface area contributed by atoms with Gasteiger partial charge in [0.1, 0.15) is 0 Å². The second-order valence-corrected chi connectivity index (χ2v) is 5.25. The molecule has 22 heavy (non-hydrogen) atoms. The Hall–Kier alpha value is -2.32. The van der Waals surface area contributed by atoms with Crippen LogP contribution in [0.2, 0.25) is 0 Å². The Labute approximate surface area is 132 Å². The lowest BCUT2D eigenvalue weighted by Gasteiger charge is -2.03. The molecule has 0 aliphatic rings. The van der Waals surface area contributed by atoms with Crippen LogP contribution >= 0.6 is 0 Å². The Balaban J connectivity index is 1.99. The van der Waals surface area contributed by atoms with Gasteiger partial charge in [-0.3, -0.25) is 0 Å². The fourth-order valence-electron chi connectivity index (χ4n) is 2.65. The van der Waals surface area contributed by atoms with Gasteiger partial charge in [-0.1, -0.05) is 60.7 Å². The molecule has 3 aromatic rings. The van der Waals surface area contributed by atoms with Gasteiger partial charge in [0, 0.05) is 36.7 Å². The van der Waals surface area contributed by atoms with Crippen LogP contribution in [0, 0.1) is 0 Å². The highest BCUT2D eigenvalue weighted by Crippen LogP contribution is 2.32. The maximum Gasteiger partial charge on any atom is 0.0645 e. The first kappa shape index (κ1) is 14.6. The van der Waals surface area contributed by atoms with Crippen LogP contribution in [0.25, 0.3) is 22.3 Å². The van der Waals surface area contributed by atoms with Crippen molar-refractivity contribution in [3.63, 3.8) is 0 Å². The Morgan fingerprint density at radius 2 is 1.27 bits per heavy atom. The van der Waals surface area contributed by atoms with Crippen LogP contribution in [-0.2, 0) is 11.3 Å². The molecule has 0 atom stereocenters. The van der Waals surface area contributed by atoms with Crippen molar-refractivity contribution in [2.24, 2.45) is 0 Å². The molecule has 0 fully saturated rings. The largest absolute Gasteiger partial charge is 0.380 e. The summed E-state index contributed by atoms with van der Waals surface area (Å²) in [4.78, 5) is 0. The molecule has 0 saturated carbocycles. The van der Waals surface area contributed by atoms with Crippen LogP contribution in [0.15, 0.2) is 73.1 Å². The number of nitrogens with zero attached hydrogens (tertiary/aromatic N) is 1. The van der Waals surface area contributed by atoms with Crippen molar-refractivity contribution >= 4 is 0 Å². The normalized spacial score (nSPS) is 10.8. The standard InChI is InChI=1S/C20H21NO/c1-2-22-14-13-21-15-19(17-9-5-3-6-10-17)20(16-21)18-11-7-4-8-12-18/h3-12,15-16H,2,13-14H2,1H3. The van der Waals surface area contributed by atoms with Gasteiger partial charge in [0.15, 0.2) is 0 Å². The van der Waals surface area contributed by atoms with E-state index in [1.165, 1.54) is 22.3 Å². The van der Waals surface area contributed by atoms with Crippen molar-refractivity contribution in [2.45, 2.75) is 13.5 Å². The van der Waals surface area contributed by atoms with Gasteiger partial charge in [-0.25, -0.2) is 0 Å². The second-order valence-electron chi connectivity index (χ2n) is 5.25. The average molecular weight is 291 g/mol. The Morgan fingerprint density at radius 3 is 1.73 bits per heavy atom. The minimum absolute atomic E-state index is 0.744. The zero-order valence-corrected chi connectivity index (χ0v) is 12.9. The number of ether oxygens (including phenoxy) is 1. The van der Waals surface area contributed by atoms with Crippen LogP contribution in [-0.4, -0.2) is 17.8 Å². The van der Waals surface area contributed by atoms with Gasteiger partial charge in [0.25, 0.3) is 0 Å². The summed E-state index contributed by atoms with van der Waals surface area (Å²) in [5.41, 5.74) is 5.03. The van der Waals surface area contributed by atoms with Gasteiger partial charge in [0.05, 0.1) is 6.61 Å². The molecule has 1 aromatic heterocycles. The molecule has 0 aliphatic carbocycles. The number of benzene rings is 2. The van der Waals surface area contributed by atoms with Crippen LogP contribution in [0.4, 0.5) is 0 Å². The van der Waals surface area contributed by atoms with Gasteiger partial charge in [-0.2, -0.15) is 0 Å². The summed E-state index contributed by atoms with van der Waals surface area (Å²) in [5.74, 6) is 0. The van der Waals surface area contributed by atoms with E-state index in [0.29, 0.717) is 0 Å². The van der Waals surface area contributed by atoms with Crippen LogP contribution in [0.1, 0.15) is 6.92 Å². The lowest BCUT2D eigenvalue weighted by Crippen LogP contribution is -2.03. The number of rotatable bonds is 6. The predicted octanol–water partition coefficient (Wildman–Crippen LogP) is 4.86. The molecule has 3 rings (SSSR count). The molecule has 0 aliphatic heterocycles. The summed E-state index contributed by atoms with van der Waals surface area (Å²) >= 11 is 0. The van der Waals surface area contributed by atoms with E-state index in [-0.39, 0.29) is 0 Å². The Bertz CT molecular complexity index is 644. The molecule has 0 amide bonds. The van der Waals surface area contributed by atoms with E-state index in [2.05, 4.69) is 77.6 Å². The summed E-state index contributed by atoms with van der Waals surface area (Å²) in [6.45, 7) is 4.41. The van der Waals surface area contributed by atoms with Crippen molar-refractivity contribution in [3.05, 3.63) is 73.1 Å². The first-order valence-electron chi connectivity index (χ1n) is 7.77. The van der Waals surface area contributed by atoms with Crippen LogP contribution in [0.5, 0.6) is 0 Å². The molecule has 112 valence electrons. The Morgan fingerprint density at radius 1 is 0.773 bits per heavy atom. The molecule has 0 spiro atoms. The molecule has 0 bridgehead atoms. The van der Waals surface area contributed by atoms with E-state index in [0.717, 1.165) is 19.8 Å². The van der Waals surface area contributed by atoms with E-state index in [9.17, 15) is 0 Å². The smallest absolute Gasteiger partial charge is 0.0645 e. The highest BCUT2D eigenvalue weighted by Gasteiger charge is 2.10. The topological polar surface area (TPSA) is 14.2 Å². The predicted molar refractivity (Wildman–Crippen MR) is 91.8 cm³/mol. The van der Waals surface area contributed by atoms with E-state index in [1.807, 2.05) is 6.92 Å². The first-order valence-corrected chi connectivity index (χ1v) is 7.77. The summed E-state index contributed by atoms with van der Waals surface area (Å²) in [6.07, 6.45) is 4.44. The van der Waals surface area contributed by atoms with Crippen LogP contribution < -0.4 is 0 Å². The molecule has 2 heteroatoms. The minimum atomic E-state index is 0.744. The van der Waals surface area contributed by atoms with Crippen molar-refractivity contribution in [1.29, 1.82) is 0 Å². The van der Waals surface area contributed by atoms with Gasteiger partial charge in [-0.05, 0) is 18.1 Å². The zero-order valence-electron chi connectivity index (χ0n) is 12.9. The zero-order chi connectivity index (χ0) is 15.2. The maximum atomic E-state index is 5.48.